The molecule has 0 radical (unpaired) electrons. The molecule has 0 N–H and O–H groups in total. The van der Waals surface area contributed by atoms with E-state index in [1.807, 2.05) is 0 Å². The first-order valence-corrected chi connectivity index (χ1v) is 9.06. The Labute approximate surface area is 136 Å². The number of hydrogen-bond acceptors (Lipinski definition) is 6. The van der Waals surface area contributed by atoms with Crippen molar-refractivity contribution < 1.29 is 23.8 Å². The predicted octanol–water partition coefficient (Wildman–Crippen LogP) is 2.97. The molecule has 5 atom stereocenters. The Balaban J connectivity index is 1.88. The molecule has 2 unspecified atom stereocenters. The van der Waals surface area contributed by atoms with E-state index in [0.717, 1.165) is 12.8 Å². The van der Waals surface area contributed by atoms with E-state index in [4.69, 9.17) is 14.2 Å². The minimum Gasteiger partial charge on any atom is -0.459 e. The number of ether oxygens (including phenoxy) is 3. The Morgan fingerprint density at radius 2 is 1.95 bits per heavy atom. The van der Waals surface area contributed by atoms with Crippen LogP contribution in [0.3, 0.4) is 0 Å². The van der Waals surface area contributed by atoms with Crippen molar-refractivity contribution in [2.24, 2.45) is 17.8 Å². The van der Waals surface area contributed by atoms with Gasteiger partial charge in [-0.15, -0.1) is 11.8 Å². The average molecular weight is 330 g/mol. The molecule has 6 heteroatoms. The molecule has 0 bridgehead atoms. The molecule has 1 saturated carbocycles. The number of thioether (sulfide) groups is 1. The van der Waals surface area contributed by atoms with Crippen molar-refractivity contribution in [2.75, 3.05) is 5.75 Å². The highest BCUT2D eigenvalue weighted by Gasteiger charge is 2.39. The Hall–Kier alpha value is -0.750. The molecular formula is C16H26O5S. The SMILES string of the molecule is CC(=O)OC1CS[C@@H](C(=O)OC2C[C@H](C)CC[C@@H]2C(C)C)O1. The molecule has 0 aromatic carbocycles. The van der Waals surface area contributed by atoms with Gasteiger partial charge in [0.15, 0.2) is 0 Å². The van der Waals surface area contributed by atoms with E-state index in [1.165, 1.54) is 25.1 Å². The van der Waals surface area contributed by atoms with E-state index < -0.39 is 17.7 Å². The van der Waals surface area contributed by atoms with Crippen LogP contribution in [0.5, 0.6) is 0 Å². The van der Waals surface area contributed by atoms with Crippen LogP contribution in [0.1, 0.15) is 47.0 Å². The summed E-state index contributed by atoms with van der Waals surface area (Å²) in [5, 5.41) is 0. The van der Waals surface area contributed by atoms with Crippen molar-refractivity contribution in [3.8, 4) is 0 Å². The van der Waals surface area contributed by atoms with Gasteiger partial charge in [-0.2, -0.15) is 0 Å². The highest BCUT2D eigenvalue weighted by molar-refractivity contribution is 8.00. The minimum atomic E-state index is -0.686. The smallest absolute Gasteiger partial charge is 0.346 e. The molecule has 1 aliphatic heterocycles. The van der Waals surface area contributed by atoms with E-state index in [-0.39, 0.29) is 12.1 Å². The normalized spacial score (nSPS) is 35.4. The van der Waals surface area contributed by atoms with Crippen molar-refractivity contribution >= 4 is 23.7 Å². The van der Waals surface area contributed by atoms with E-state index in [0.29, 0.717) is 23.5 Å². The molecule has 2 fully saturated rings. The fraction of sp³-hybridized carbons (Fsp3) is 0.875. The topological polar surface area (TPSA) is 61.8 Å². The number of carbonyl (C=O) groups is 2. The molecule has 0 amide bonds. The molecule has 1 heterocycles. The molecule has 22 heavy (non-hydrogen) atoms. The fourth-order valence-corrected chi connectivity index (χ4v) is 4.08. The van der Waals surface area contributed by atoms with Gasteiger partial charge < -0.3 is 14.2 Å². The third kappa shape index (κ3) is 4.62. The predicted molar refractivity (Wildman–Crippen MR) is 84.1 cm³/mol. The molecule has 2 rings (SSSR count). The summed E-state index contributed by atoms with van der Waals surface area (Å²) in [4.78, 5) is 23.2. The van der Waals surface area contributed by atoms with Gasteiger partial charge in [0.25, 0.3) is 0 Å². The zero-order valence-electron chi connectivity index (χ0n) is 13.7. The lowest BCUT2D eigenvalue weighted by atomic mass is 9.75. The Morgan fingerprint density at radius 1 is 1.23 bits per heavy atom. The fourth-order valence-electron chi connectivity index (χ4n) is 3.21. The lowest BCUT2D eigenvalue weighted by Crippen LogP contribution is -2.38. The second kappa shape index (κ2) is 7.68. The van der Waals surface area contributed by atoms with E-state index in [2.05, 4.69) is 20.8 Å². The standard InChI is InChI=1S/C16H26O5S/c1-9(2)12-6-5-10(3)7-13(12)20-15(18)16-21-14(8-22-16)19-11(4)17/h9-10,12-14,16H,5-8H2,1-4H3/t10-,12-,13?,14?,16+/m1/s1. The van der Waals surface area contributed by atoms with Crippen LogP contribution in [0, 0.1) is 17.8 Å². The number of hydrogen-bond donors (Lipinski definition) is 0. The summed E-state index contributed by atoms with van der Waals surface area (Å²) >= 11 is 1.33. The third-order valence-corrected chi connectivity index (χ3v) is 5.45. The summed E-state index contributed by atoms with van der Waals surface area (Å²) < 4.78 is 16.2. The Kier molecular flexibility index (Phi) is 6.15. The summed E-state index contributed by atoms with van der Waals surface area (Å²) in [5.74, 6) is 1.21. The van der Waals surface area contributed by atoms with Crippen molar-refractivity contribution in [3.63, 3.8) is 0 Å². The first-order valence-electron chi connectivity index (χ1n) is 8.01. The molecule has 0 aromatic rings. The van der Waals surface area contributed by atoms with Gasteiger partial charge in [-0.3, -0.25) is 4.79 Å². The van der Waals surface area contributed by atoms with Gasteiger partial charge in [-0.05, 0) is 30.6 Å². The number of rotatable bonds is 4. The first-order chi connectivity index (χ1) is 10.4. The maximum atomic E-state index is 12.3. The second-order valence-electron chi connectivity index (χ2n) is 6.64. The third-order valence-electron chi connectivity index (χ3n) is 4.38. The van der Waals surface area contributed by atoms with Gasteiger partial charge in [0.2, 0.25) is 11.7 Å². The zero-order valence-corrected chi connectivity index (χ0v) is 14.6. The van der Waals surface area contributed by atoms with E-state index >= 15 is 0 Å². The average Bonchev–Trinajstić information content (AvgIpc) is 2.86. The van der Waals surface area contributed by atoms with Crippen LogP contribution >= 0.6 is 11.8 Å². The summed E-state index contributed by atoms with van der Waals surface area (Å²) in [7, 11) is 0. The maximum Gasteiger partial charge on any atom is 0.346 e. The molecule has 126 valence electrons. The van der Waals surface area contributed by atoms with Gasteiger partial charge in [-0.25, -0.2) is 4.79 Å². The molecule has 0 spiro atoms. The largest absolute Gasteiger partial charge is 0.459 e. The van der Waals surface area contributed by atoms with Crippen molar-refractivity contribution in [1.82, 2.24) is 0 Å². The molecule has 0 aromatic heterocycles. The van der Waals surface area contributed by atoms with Crippen LogP contribution in [0.25, 0.3) is 0 Å². The quantitative estimate of drug-likeness (QED) is 0.739. The second-order valence-corrected chi connectivity index (χ2v) is 7.74. The van der Waals surface area contributed by atoms with Gasteiger partial charge >= 0.3 is 11.9 Å². The van der Waals surface area contributed by atoms with E-state index in [9.17, 15) is 9.59 Å². The van der Waals surface area contributed by atoms with E-state index in [1.54, 1.807) is 0 Å². The van der Waals surface area contributed by atoms with Crippen LogP contribution in [-0.4, -0.2) is 35.5 Å². The van der Waals surface area contributed by atoms with Crippen LogP contribution in [-0.2, 0) is 23.8 Å². The van der Waals surface area contributed by atoms with Gasteiger partial charge in [0.05, 0.1) is 5.75 Å². The summed E-state index contributed by atoms with van der Waals surface area (Å²) in [6.45, 7) is 7.89. The zero-order chi connectivity index (χ0) is 16.3. The lowest BCUT2D eigenvalue weighted by Gasteiger charge is -2.37. The van der Waals surface area contributed by atoms with Crippen molar-refractivity contribution in [1.29, 1.82) is 0 Å². The molecule has 1 saturated heterocycles. The monoisotopic (exact) mass is 330 g/mol. The summed E-state index contributed by atoms with van der Waals surface area (Å²) in [6.07, 6.45) is 2.53. The van der Waals surface area contributed by atoms with Gasteiger partial charge in [0.1, 0.15) is 6.10 Å². The maximum absolute atomic E-state index is 12.3. The minimum absolute atomic E-state index is 0.0341. The van der Waals surface area contributed by atoms with Crippen LogP contribution in [0.2, 0.25) is 0 Å². The van der Waals surface area contributed by atoms with Gasteiger partial charge in [-0.1, -0.05) is 27.2 Å². The molecule has 2 aliphatic rings. The first kappa shape index (κ1) is 17.6. The summed E-state index contributed by atoms with van der Waals surface area (Å²) in [6, 6.07) is 0. The lowest BCUT2D eigenvalue weighted by molar-refractivity contribution is -0.185. The molecular weight excluding hydrogens is 304 g/mol. The highest BCUT2D eigenvalue weighted by atomic mass is 32.2. The summed E-state index contributed by atoms with van der Waals surface area (Å²) in [5.41, 5.74) is -0.686. The van der Waals surface area contributed by atoms with Crippen molar-refractivity contribution in [2.45, 2.75) is 64.8 Å². The molecule has 1 aliphatic carbocycles. The van der Waals surface area contributed by atoms with Crippen molar-refractivity contribution in [3.05, 3.63) is 0 Å². The Morgan fingerprint density at radius 3 is 2.59 bits per heavy atom. The van der Waals surface area contributed by atoms with Crippen LogP contribution in [0.15, 0.2) is 0 Å². The number of carbonyl (C=O) groups excluding carboxylic acids is 2. The number of esters is 2. The Bertz CT molecular complexity index is 411. The van der Waals surface area contributed by atoms with Crippen LogP contribution in [0.4, 0.5) is 0 Å². The molecule has 5 nitrogen and oxygen atoms in total. The van der Waals surface area contributed by atoms with Crippen LogP contribution < -0.4 is 0 Å². The van der Waals surface area contributed by atoms with Gasteiger partial charge in [0, 0.05) is 6.92 Å². The highest BCUT2D eigenvalue weighted by Crippen LogP contribution is 2.36.